The molecule has 0 aliphatic heterocycles. The van der Waals surface area contributed by atoms with E-state index in [0.717, 1.165) is 42.1 Å². The molecule has 0 atom stereocenters. The SMILES string of the molecule is Cc1nccn1CCCNc1ccccc1-c1cccc(F)c1. The van der Waals surface area contributed by atoms with Gasteiger partial charge in [-0.05, 0) is 37.1 Å². The van der Waals surface area contributed by atoms with E-state index in [1.807, 2.05) is 49.6 Å². The van der Waals surface area contributed by atoms with Crippen LogP contribution in [0.15, 0.2) is 60.9 Å². The predicted octanol–water partition coefficient (Wildman–Crippen LogP) is 4.50. The molecule has 0 radical (unpaired) electrons. The zero-order valence-corrected chi connectivity index (χ0v) is 13.2. The highest BCUT2D eigenvalue weighted by Gasteiger charge is 2.05. The number of rotatable bonds is 6. The van der Waals surface area contributed by atoms with Crippen molar-refractivity contribution in [3.8, 4) is 11.1 Å². The fourth-order valence-electron chi connectivity index (χ4n) is 2.66. The molecule has 2 aromatic carbocycles. The van der Waals surface area contributed by atoms with E-state index in [1.54, 1.807) is 12.1 Å². The second kappa shape index (κ2) is 7.09. The van der Waals surface area contributed by atoms with Gasteiger partial charge in [0.2, 0.25) is 0 Å². The van der Waals surface area contributed by atoms with Crippen molar-refractivity contribution >= 4 is 5.69 Å². The number of aryl methyl sites for hydroxylation is 2. The summed E-state index contributed by atoms with van der Waals surface area (Å²) in [6.45, 7) is 3.79. The lowest BCUT2D eigenvalue weighted by molar-refractivity contribution is 0.628. The standard InChI is InChI=1S/C19H20FN3/c1-15-21-11-13-23(15)12-5-10-22-19-9-3-2-8-18(19)16-6-4-7-17(20)14-16/h2-4,6-9,11,13-14,22H,5,10,12H2,1H3. The summed E-state index contributed by atoms with van der Waals surface area (Å²) >= 11 is 0. The van der Waals surface area contributed by atoms with Gasteiger partial charge in [-0.3, -0.25) is 0 Å². The van der Waals surface area contributed by atoms with E-state index in [0.29, 0.717) is 0 Å². The molecule has 0 fully saturated rings. The fraction of sp³-hybridized carbons (Fsp3) is 0.211. The number of para-hydroxylation sites is 1. The van der Waals surface area contributed by atoms with Crippen molar-refractivity contribution in [1.29, 1.82) is 0 Å². The Hall–Kier alpha value is -2.62. The Morgan fingerprint density at radius 1 is 1.13 bits per heavy atom. The van der Waals surface area contributed by atoms with Crippen LogP contribution in [0, 0.1) is 12.7 Å². The number of hydrogen-bond donors (Lipinski definition) is 1. The third kappa shape index (κ3) is 3.77. The molecular formula is C19H20FN3. The van der Waals surface area contributed by atoms with Crippen molar-refractivity contribution in [2.24, 2.45) is 0 Å². The van der Waals surface area contributed by atoms with E-state index in [2.05, 4.69) is 14.9 Å². The zero-order valence-electron chi connectivity index (χ0n) is 13.2. The minimum atomic E-state index is -0.215. The monoisotopic (exact) mass is 309 g/mol. The van der Waals surface area contributed by atoms with Crippen LogP contribution in [-0.4, -0.2) is 16.1 Å². The third-order valence-electron chi connectivity index (χ3n) is 3.88. The lowest BCUT2D eigenvalue weighted by atomic mass is 10.0. The molecule has 0 aliphatic rings. The Morgan fingerprint density at radius 3 is 2.78 bits per heavy atom. The van der Waals surface area contributed by atoms with E-state index in [4.69, 9.17) is 0 Å². The van der Waals surface area contributed by atoms with Gasteiger partial charge < -0.3 is 9.88 Å². The van der Waals surface area contributed by atoms with Gasteiger partial charge in [0.1, 0.15) is 11.6 Å². The van der Waals surface area contributed by atoms with Gasteiger partial charge in [0.05, 0.1) is 0 Å². The number of benzene rings is 2. The van der Waals surface area contributed by atoms with Crippen LogP contribution in [0.2, 0.25) is 0 Å². The summed E-state index contributed by atoms with van der Waals surface area (Å²) in [5, 5.41) is 3.46. The first-order valence-electron chi connectivity index (χ1n) is 7.80. The summed E-state index contributed by atoms with van der Waals surface area (Å²) in [4.78, 5) is 4.22. The van der Waals surface area contributed by atoms with Crippen molar-refractivity contribution in [3.05, 3.63) is 72.6 Å². The molecule has 1 heterocycles. The molecule has 4 heteroatoms. The number of nitrogens with one attached hydrogen (secondary N) is 1. The average Bonchev–Trinajstić information content (AvgIpc) is 2.97. The Labute approximate surface area is 135 Å². The molecule has 1 aromatic heterocycles. The first-order valence-corrected chi connectivity index (χ1v) is 7.80. The summed E-state index contributed by atoms with van der Waals surface area (Å²) in [6, 6.07) is 14.7. The van der Waals surface area contributed by atoms with E-state index >= 15 is 0 Å². The first kappa shape index (κ1) is 15.3. The van der Waals surface area contributed by atoms with Gasteiger partial charge in [-0.1, -0.05) is 30.3 Å². The predicted molar refractivity (Wildman–Crippen MR) is 91.9 cm³/mol. The highest BCUT2D eigenvalue weighted by molar-refractivity contribution is 5.77. The van der Waals surface area contributed by atoms with Crippen LogP contribution >= 0.6 is 0 Å². The normalized spacial score (nSPS) is 10.7. The van der Waals surface area contributed by atoms with Crippen molar-refractivity contribution in [1.82, 2.24) is 9.55 Å². The number of hydrogen-bond acceptors (Lipinski definition) is 2. The minimum absolute atomic E-state index is 0.215. The van der Waals surface area contributed by atoms with Crippen molar-refractivity contribution in [2.45, 2.75) is 19.9 Å². The second-order valence-corrected chi connectivity index (χ2v) is 5.50. The van der Waals surface area contributed by atoms with Gasteiger partial charge in [0.15, 0.2) is 0 Å². The molecule has 3 aromatic rings. The molecular weight excluding hydrogens is 289 g/mol. The molecule has 0 unspecified atom stereocenters. The molecule has 0 bridgehead atoms. The van der Waals surface area contributed by atoms with Crippen LogP contribution in [0.3, 0.4) is 0 Å². The van der Waals surface area contributed by atoms with Crippen molar-refractivity contribution in [2.75, 3.05) is 11.9 Å². The van der Waals surface area contributed by atoms with Gasteiger partial charge in [-0.25, -0.2) is 9.37 Å². The Balaban J connectivity index is 1.65. The molecule has 0 saturated heterocycles. The summed E-state index contributed by atoms with van der Waals surface area (Å²) in [5.41, 5.74) is 2.94. The average molecular weight is 309 g/mol. The van der Waals surface area contributed by atoms with E-state index in [1.165, 1.54) is 6.07 Å². The Morgan fingerprint density at radius 2 is 2.00 bits per heavy atom. The summed E-state index contributed by atoms with van der Waals surface area (Å²) in [5.74, 6) is 0.818. The summed E-state index contributed by atoms with van der Waals surface area (Å²) < 4.78 is 15.6. The van der Waals surface area contributed by atoms with Crippen LogP contribution in [0.25, 0.3) is 11.1 Å². The Kier molecular flexibility index (Phi) is 4.71. The first-order chi connectivity index (χ1) is 11.2. The largest absolute Gasteiger partial charge is 0.384 e. The number of aromatic nitrogens is 2. The molecule has 1 N–H and O–H groups in total. The lowest BCUT2D eigenvalue weighted by Gasteiger charge is -2.13. The van der Waals surface area contributed by atoms with Crippen LogP contribution in [0.1, 0.15) is 12.2 Å². The van der Waals surface area contributed by atoms with Gasteiger partial charge in [0, 0.05) is 36.7 Å². The highest BCUT2D eigenvalue weighted by atomic mass is 19.1. The fourth-order valence-corrected chi connectivity index (χ4v) is 2.66. The van der Waals surface area contributed by atoms with Crippen molar-refractivity contribution < 1.29 is 4.39 Å². The molecule has 23 heavy (non-hydrogen) atoms. The van der Waals surface area contributed by atoms with E-state index < -0.39 is 0 Å². The molecule has 3 nitrogen and oxygen atoms in total. The number of anilines is 1. The van der Waals surface area contributed by atoms with Gasteiger partial charge in [-0.2, -0.15) is 0 Å². The molecule has 0 amide bonds. The smallest absolute Gasteiger partial charge is 0.123 e. The maximum absolute atomic E-state index is 13.5. The highest BCUT2D eigenvalue weighted by Crippen LogP contribution is 2.28. The maximum atomic E-state index is 13.5. The summed E-state index contributed by atoms with van der Waals surface area (Å²) in [6.07, 6.45) is 4.81. The van der Waals surface area contributed by atoms with Crippen LogP contribution in [0.5, 0.6) is 0 Å². The van der Waals surface area contributed by atoms with E-state index in [9.17, 15) is 4.39 Å². The van der Waals surface area contributed by atoms with Gasteiger partial charge >= 0.3 is 0 Å². The van der Waals surface area contributed by atoms with Crippen molar-refractivity contribution in [3.63, 3.8) is 0 Å². The zero-order chi connectivity index (χ0) is 16.1. The van der Waals surface area contributed by atoms with Crippen LogP contribution < -0.4 is 5.32 Å². The minimum Gasteiger partial charge on any atom is -0.384 e. The number of nitrogens with zero attached hydrogens (tertiary/aromatic N) is 2. The maximum Gasteiger partial charge on any atom is 0.123 e. The lowest BCUT2D eigenvalue weighted by Crippen LogP contribution is -2.08. The summed E-state index contributed by atoms with van der Waals surface area (Å²) in [7, 11) is 0. The molecule has 3 rings (SSSR count). The van der Waals surface area contributed by atoms with Gasteiger partial charge in [0.25, 0.3) is 0 Å². The molecule has 0 saturated carbocycles. The van der Waals surface area contributed by atoms with Crippen LogP contribution in [-0.2, 0) is 6.54 Å². The molecule has 118 valence electrons. The second-order valence-electron chi connectivity index (χ2n) is 5.50. The quantitative estimate of drug-likeness (QED) is 0.679. The molecule has 0 aliphatic carbocycles. The topological polar surface area (TPSA) is 29.9 Å². The number of halogens is 1. The third-order valence-corrected chi connectivity index (χ3v) is 3.88. The molecule has 0 spiro atoms. The van der Waals surface area contributed by atoms with E-state index in [-0.39, 0.29) is 5.82 Å². The van der Waals surface area contributed by atoms with Gasteiger partial charge in [-0.15, -0.1) is 0 Å². The number of imidazole rings is 1. The van der Waals surface area contributed by atoms with Crippen LogP contribution in [0.4, 0.5) is 10.1 Å². The Bertz CT molecular complexity index is 780.